The molecule has 1 atom stereocenters. The summed E-state index contributed by atoms with van der Waals surface area (Å²) in [5, 5.41) is 0.762. The number of halogens is 1. The Kier molecular flexibility index (Phi) is 2.20. The summed E-state index contributed by atoms with van der Waals surface area (Å²) in [6, 6.07) is 3.88. The molecule has 76 valence electrons. The summed E-state index contributed by atoms with van der Waals surface area (Å²) in [6.45, 7) is 4.74. The molecule has 1 aromatic carbocycles. The van der Waals surface area contributed by atoms with E-state index in [9.17, 15) is 0 Å². The SMILES string of the molecule is COc1cc(C)c(Cl)cc1C1(C)CO1. The van der Waals surface area contributed by atoms with Gasteiger partial charge in [0.15, 0.2) is 0 Å². The van der Waals surface area contributed by atoms with Gasteiger partial charge < -0.3 is 9.47 Å². The molecule has 1 unspecified atom stereocenters. The van der Waals surface area contributed by atoms with Crippen LogP contribution in [0.2, 0.25) is 5.02 Å². The molecule has 2 rings (SSSR count). The Labute approximate surface area is 88.8 Å². The maximum absolute atomic E-state index is 6.07. The van der Waals surface area contributed by atoms with Crippen molar-refractivity contribution in [2.24, 2.45) is 0 Å². The average Bonchev–Trinajstić information content (AvgIpc) is 2.89. The summed E-state index contributed by atoms with van der Waals surface area (Å²) in [5.41, 5.74) is 1.87. The van der Waals surface area contributed by atoms with Crippen LogP contribution in [0.1, 0.15) is 18.1 Å². The number of hydrogen-bond donors (Lipinski definition) is 0. The molecule has 1 saturated heterocycles. The lowest BCUT2D eigenvalue weighted by atomic mass is 9.99. The van der Waals surface area contributed by atoms with E-state index in [-0.39, 0.29) is 5.60 Å². The number of methoxy groups -OCH3 is 1. The summed E-state index contributed by atoms with van der Waals surface area (Å²) < 4.78 is 10.7. The Morgan fingerprint density at radius 3 is 2.64 bits per heavy atom. The van der Waals surface area contributed by atoms with E-state index in [4.69, 9.17) is 21.1 Å². The number of hydrogen-bond acceptors (Lipinski definition) is 2. The van der Waals surface area contributed by atoms with Crippen LogP contribution in [0, 0.1) is 6.92 Å². The Bertz CT molecular complexity index is 370. The monoisotopic (exact) mass is 212 g/mol. The van der Waals surface area contributed by atoms with Gasteiger partial charge in [-0.25, -0.2) is 0 Å². The molecule has 1 heterocycles. The van der Waals surface area contributed by atoms with Gasteiger partial charge in [-0.15, -0.1) is 0 Å². The highest BCUT2D eigenvalue weighted by Crippen LogP contribution is 2.44. The molecule has 0 aliphatic carbocycles. The van der Waals surface area contributed by atoms with Crippen LogP contribution >= 0.6 is 11.6 Å². The molecule has 0 radical (unpaired) electrons. The molecule has 1 aliphatic rings. The highest BCUT2D eigenvalue weighted by Gasteiger charge is 2.43. The van der Waals surface area contributed by atoms with Crippen molar-refractivity contribution >= 4 is 11.6 Å². The van der Waals surface area contributed by atoms with Crippen LogP contribution < -0.4 is 4.74 Å². The quantitative estimate of drug-likeness (QED) is 0.704. The number of epoxide rings is 1. The predicted octanol–water partition coefficient (Wildman–Crippen LogP) is 2.90. The molecule has 1 aromatic rings. The third-order valence-corrected chi connectivity index (χ3v) is 3.04. The molecule has 14 heavy (non-hydrogen) atoms. The number of benzene rings is 1. The van der Waals surface area contributed by atoms with Crippen molar-refractivity contribution in [3.05, 3.63) is 28.3 Å². The van der Waals surface area contributed by atoms with Crippen LogP contribution in [-0.2, 0) is 10.3 Å². The van der Waals surface area contributed by atoms with Gasteiger partial charge in [-0.1, -0.05) is 11.6 Å². The lowest BCUT2D eigenvalue weighted by Crippen LogP contribution is -2.05. The Hall–Kier alpha value is -0.730. The largest absolute Gasteiger partial charge is 0.496 e. The molecule has 1 fully saturated rings. The van der Waals surface area contributed by atoms with Crippen LogP contribution in [0.3, 0.4) is 0 Å². The van der Waals surface area contributed by atoms with Crippen LogP contribution in [-0.4, -0.2) is 13.7 Å². The van der Waals surface area contributed by atoms with Crippen LogP contribution in [0.25, 0.3) is 0 Å². The standard InChI is InChI=1S/C11H13ClO2/c1-7-4-10(13-3)8(5-9(7)12)11(2)6-14-11/h4-5H,6H2,1-3H3. The lowest BCUT2D eigenvalue weighted by molar-refractivity contribution is 0.316. The molecular weight excluding hydrogens is 200 g/mol. The van der Waals surface area contributed by atoms with Crippen LogP contribution in [0.15, 0.2) is 12.1 Å². The van der Waals surface area contributed by atoms with Crippen LogP contribution in [0.4, 0.5) is 0 Å². The fourth-order valence-electron chi connectivity index (χ4n) is 1.50. The zero-order valence-corrected chi connectivity index (χ0v) is 9.31. The van der Waals surface area contributed by atoms with Crippen LogP contribution in [0.5, 0.6) is 5.75 Å². The molecule has 0 aromatic heterocycles. The predicted molar refractivity (Wildman–Crippen MR) is 56.0 cm³/mol. The zero-order valence-electron chi connectivity index (χ0n) is 8.56. The minimum atomic E-state index is -0.192. The molecule has 2 nitrogen and oxygen atoms in total. The first-order valence-electron chi connectivity index (χ1n) is 4.55. The topological polar surface area (TPSA) is 21.8 Å². The van der Waals surface area contributed by atoms with E-state index >= 15 is 0 Å². The van der Waals surface area contributed by atoms with Crippen molar-refractivity contribution in [2.45, 2.75) is 19.4 Å². The molecule has 3 heteroatoms. The Morgan fingerprint density at radius 1 is 1.50 bits per heavy atom. The van der Waals surface area contributed by atoms with Crippen molar-refractivity contribution in [3.63, 3.8) is 0 Å². The second-order valence-corrected chi connectivity index (χ2v) is 4.23. The maximum atomic E-state index is 6.07. The van der Waals surface area contributed by atoms with Crippen molar-refractivity contribution in [1.82, 2.24) is 0 Å². The van der Waals surface area contributed by atoms with Gasteiger partial charge in [0.1, 0.15) is 11.4 Å². The van der Waals surface area contributed by atoms with E-state index in [1.165, 1.54) is 0 Å². The first-order chi connectivity index (χ1) is 6.57. The van der Waals surface area contributed by atoms with E-state index in [2.05, 4.69) is 0 Å². The summed E-state index contributed by atoms with van der Waals surface area (Å²) in [5.74, 6) is 0.854. The molecule has 1 aliphatic heterocycles. The van der Waals surface area contributed by atoms with Crippen molar-refractivity contribution in [2.75, 3.05) is 13.7 Å². The van der Waals surface area contributed by atoms with E-state index < -0.39 is 0 Å². The number of aryl methyl sites for hydroxylation is 1. The highest BCUT2D eigenvalue weighted by atomic mass is 35.5. The summed E-state index contributed by atoms with van der Waals surface area (Å²) in [4.78, 5) is 0. The van der Waals surface area contributed by atoms with E-state index in [0.717, 1.165) is 28.5 Å². The normalized spacial score (nSPS) is 24.9. The van der Waals surface area contributed by atoms with Crippen molar-refractivity contribution in [3.8, 4) is 5.75 Å². The van der Waals surface area contributed by atoms with Gasteiger partial charge in [-0.05, 0) is 31.5 Å². The van der Waals surface area contributed by atoms with Gasteiger partial charge >= 0.3 is 0 Å². The van der Waals surface area contributed by atoms with Gasteiger partial charge in [0.05, 0.1) is 13.7 Å². The second kappa shape index (κ2) is 3.14. The van der Waals surface area contributed by atoms with Gasteiger partial charge in [-0.3, -0.25) is 0 Å². The molecule has 0 bridgehead atoms. The van der Waals surface area contributed by atoms with Crippen molar-refractivity contribution < 1.29 is 9.47 Å². The number of rotatable bonds is 2. The zero-order chi connectivity index (χ0) is 10.3. The van der Waals surface area contributed by atoms with Gasteiger partial charge in [0, 0.05) is 10.6 Å². The van der Waals surface area contributed by atoms with E-state index in [1.807, 2.05) is 26.0 Å². The molecule has 0 N–H and O–H groups in total. The molecule has 0 saturated carbocycles. The first-order valence-corrected chi connectivity index (χ1v) is 4.93. The average molecular weight is 213 g/mol. The minimum Gasteiger partial charge on any atom is -0.496 e. The Balaban J connectivity index is 2.52. The second-order valence-electron chi connectivity index (χ2n) is 3.82. The first kappa shape index (κ1) is 9.81. The minimum absolute atomic E-state index is 0.192. The molecular formula is C11H13ClO2. The van der Waals surface area contributed by atoms with Gasteiger partial charge in [-0.2, -0.15) is 0 Å². The number of ether oxygens (including phenoxy) is 2. The summed E-state index contributed by atoms with van der Waals surface area (Å²) in [6.07, 6.45) is 0. The summed E-state index contributed by atoms with van der Waals surface area (Å²) >= 11 is 6.07. The lowest BCUT2D eigenvalue weighted by Gasteiger charge is -2.13. The third-order valence-electron chi connectivity index (χ3n) is 2.63. The fraction of sp³-hybridized carbons (Fsp3) is 0.455. The van der Waals surface area contributed by atoms with Gasteiger partial charge in [0.25, 0.3) is 0 Å². The summed E-state index contributed by atoms with van der Waals surface area (Å²) in [7, 11) is 1.66. The maximum Gasteiger partial charge on any atom is 0.125 e. The molecule has 0 amide bonds. The van der Waals surface area contributed by atoms with E-state index in [1.54, 1.807) is 7.11 Å². The Morgan fingerprint density at radius 2 is 2.14 bits per heavy atom. The fourth-order valence-corrected chi connectivity index (χ4v) is 1.66. The highest BCUT2D eigenvalue weighted by molar-refractivity contribution is 6.31. The van der Waals surface area contributed by atoms with Gasteiger partial charge in [0.2, 0.25) is 0 Å². The smallest absolute Gasteiger partial charge is 0.125 e. The third kappa shape index (κ3) is 1.49. The molecule has 0 spiro atoms. The van der Waals surface area contributed by atoms with E-state index in [0.29, 0.717) is 0 Å². The van der Waals surface area contributed by atoms with Crippen molar-refractivity contribution in [1.29, 1.82) is 0 Å².